The minimum absolute atomic E-state index is 0.0902. The lowest BCUT2D eigenvalue weighted by atomic mass is 9.97. The highest BCUT2D eigenvalue weighted by Crippen LogP contribution is 2.31. The van der Waals surface area contributed by atoms with Crippen LogP contribution < -0.4 is 15.5 Å². The summed E-state index contributed by atoms with van der Waals surface area (Å²) in [5.74, 6) is -0.313. The highest BCUT2D eigenvalue weighted by Gasteiger charge is 2.37. The maximum Gasteiger partial charge on any atom is 0.248 e. The molecular weight excluding hydrogens is 410 g/mol. The molecule has 0 radical (unpaired) electrons. The van der Waals surface area contributed by atoms with Crippen molar-refractivity contribution in [3.05, 3.63) is 64.7 Å². The number of hydrogen-bond donors (Lipinski definition) is 2. The summed E-state index contributed by atoms with van der Waals surface area (Å²) in [6.45, 7) is 8.61. The van der Waals surface area contributed by atoms with Gasteiger partial charge in [-0.05, 0) is 76.9 Å². The zero-order valence-electron chi connectivity index (χ0n) is 18.7. The van der Waals surface area contributed by atoms with Gasteiger partial charge in [0.25, 0.3) is 0 Å². The average Bonchev–Trinajstić information content (AvgIpc) is 2.72. The smallest absolute Gasteiger partial charge is 0.248 e. The molecule has 2 aromatic carbocycles. The molecule has 0 bridgehead atoms. The number of anilines is 1. The first-order valence-corrected chi connectivity index (χ1v) is 11.2. The largest absolute Gasteiger partial charge is 0.349 e. The van der Waals surface area contributed by atoms with Crippen molar-refractivity contribution in [1.29, 1.82) is 0 Å². The summed E-state index contributed by atoms with van der Waals surface area (Å²) in [5.41, 5.74) is 2.07. The quantitative estimate of drug-likeness (QED) is 0.701. The maximum absolute atomic E-state index is 13.8. The van der Waals surface area contributed by atoms with Crippen LogP contribution in [0.4, 0.5) is 5.69 Å². The minimum atomic E-state index is -0.810. The Bertz CT molecular complexity index is 898. The van der Waals surface area contributed by atoms with Gasteiger partial charge in [0.15, 0.2) is 0 Å². The van der Waals surface area contributed by atoms with Crippen LogP contribution in [0.25, 0.3) is 0 Å². The Morgan fingerprint density at radius 2 is 1.71 bits per heavy atom. The van der Waals surface area contributed by atoms with E-state index >= 15 is 0 Å². The van der Waals surface area contributed by atoms with E-state index in [0.717, 1.165) is 36.9 Å². The third kappa shape index (κ3) is 6.08. The van der Waals surface area contributed by atoms with Gasteiger partial charge in [-0.15, -0.1) is 0 Å². The minimum Gasteiger partial charge on any atom is -0.349 e. The number of amides is 2. The molecule has 1 fully saturated rings. The van der Waals surface area contributed by atoms with Crippen LogP contribution in [-0.4, -0.2) is 29.9 Å². The highest BCUT2D eigenvalue weighted by atomic mass is 35.5. The SMILES string of the molecule is Cc1ccc(N(C(=O)C2CCCCN2)C(C(=O)NC(C)(C)C)c2ccc(Cl)cc2)cc1. The third-order valence-electron chi connectivity index (χ3n) is 5.35. The molecule has 0 saturated carbocycles. The number of benzene rings is 2. The first-order chi connectivity index (χ1) is 14.7. The van der Waals surface area contributed by atoms with Crippen molar-refractivity contribution in [3.63, 3.8) is 0 Å². The van der Waals surface area contributed by atoms with Gasteiger partial charge in [-0.1, -0.05) is 47.9 Å². The predicted octanol–water partition coefficient (Wildman–Crippen LogP) is 4.78. The summed E-state index contributed by atoms with van der Waals surface area (Å²) < 4.78 is 0. The number of nitrogens with one attached hydrogen (secondary N) is 2. The van der Waals surface area contributed by atoms with Gasteiger partial charge < -0.3 is 10.6 Å². The Balaban J connectivity index is 2.10. The molecule has 2 atom stereocenters. The van der Waals surface area contributed by atoms with Gasteiger partial charge >= 0.3 is 0 Å². The number of halogens is 1. The van der Waals surface area contributed by atoms with E-state index in [1.54, 1.807) is 17.0 Å². The molecule has 0 aliphatic carbocycles. The molecule has 2 unspecified atom stereocenters. The van der Waals surface area contributed by atoms with Crippen molar-refractivity contribution in [1.82, 2.24) is 10.6 Å². The molecule has 6 heteroatoms. The molecule has 0 spiro atoms. The van der Waals surface area contributed by atoms with Gasteiger partial charge in [-0.3, -0.25) is 14.5 Å². The Kier molecular flexibility index (Phi) is 7.39. The van der Waals surface area contributed by atoms with Crippen molar-refractivity contribution in [2.45, 2.75) is 64.6 Å². The molecule has 3 rings (SSSR count). The topological polar surface area (TPSA) is 61.4 Å². The van der Waals surface area contributed by atoms with E-state index in [-0.39, 0.29) is 17.9 Å². The zero-order chi connectivity index (χ0) is 22.6. The van der Waals surface area contributed by atoms with Crippen LogP contribution in [0, 0.1) is 6.92 Å². The van der Waals surface area contributed by atoms with Crippen LogP contribution in [0.5, 0.6) is 0 Å². The van der Waals surface area contributed by atoms with Gasteiger partial charge in [0.2, 0.25) is 11.8 Å². The van der Waals surface area contributed by atoms with Crippen LogP contribution in [0.15, 0.2) is 48.5 Å². The predicted molar refractivity (Wildman–Crippen MR) is 126 cm³/mol. The van der Waals surface area contributed by atoms with E-state index in [1.807, 2.05) is 64.1 Å². The van der Waals surface area contributed by atoms with Crippen LogP contribution >= 0.6 is 11.6 Å². The molecule has 1 saturated heterocycles. The number of piperidine rings is 1. The Hall–Kier alpha value is -2.37. The van der Waals surface area contributed by atoms with Gasteiger partial charge in [-0.2, -0.15) is 0 Å². The third-order valence-corrected chi connectivity index (χ3v) is 5.60. The molecule has 2 N–H and O–H groups in total. The Labute approximate surface area is 190 Å². The zero-order valence-corrected chi connectivity index (χ0v) is 19.5. The molecule has 31 heavy (non-hydrogen) atoms. The van der Waals surface area contributed by atoms with Crippen molar-refractivity contribution >= 4 is 29.1 Å². The average molecular weight is 442 g/mol. The number of carbonyl (C=O) groups is 2. The van der Waals surface area contributed by atoms with Gasteiger partial charge in [0, 0.05) is 16.2 Å². The van der Waals surface area contributed by atoms with E-state index in [0.29, 0.717) is 10.7 Å². The lowest BCUT2D eigenvalue weighted by molar-refractivity contribution is -0.128. The second-order valence-corrected chi connectivity index (χ2v) is 9.68. The number of nitrogens with zero attached hydrogens (tertiary/aromatic N) is 1. The van der Waals surface area contributed by atoms with E-state index in [1.165, 1.54) is 0 Å². The fourth-order valence-corrected chi connectivity index (χ4v) is 3.97. The van der Waals surface area contributed by atoms with E-state index in [2.05, 4.69) is 10.6 Å². The molecule has 0 aromatic heterocycles. The fourth-order valence-electron chi connectivity index (χ4n) is 3.84. The van der Waals surface area contributed by atoms with Crippen LogP contribution in [0.3, 0.4) is 0 Å². The Morgan fingerprint density at radius 3 is 2.26 bits per heavy atom. The lowest BCUT2D eigenvalue weighted by Gasteiger charge is -2.36. The summed E-state index contributed by atoms with van der Waals surface area (Å²) in [7, 11) is 0. The van der Waals surface area contributed by atoms with Crippen LogP contribution in [0.1, 0.15) is 57.2 Å². The number of carbonyl (C=O) groups excluding carboxylic acids is 2. The van der Waals surface area contributed by atoms with Gasteiger partial charge in [0.05, 0.1) is 6.04 Å². The maximum atomic E-state index is 13.8. The summed E-state index contributed by atoms with van der Waals surface area (Å²) in [6.07, 6.45) is 2.81. The van der Waals surface area contributed by atoms with Crippen molar-refractivity contribution in [2.75, 3.05) is 11.4 Å². The van der Waals surface area contributed by atoms with Crippen molar-refractivity contribution in [2.24, 2.45) is 0 Å². The lowest BCUT2D eigenvalue weighted by Crippen LogP contribution is -2.54. The molecule has 166 valence electrons. The molecule has 2 aromatic rings. The summed E-state index contributed by atoms with van der Waals surface area (Å²) in [4.78, 5) is 29.0. The van der Waals surface area contributed by atoms with Crippen LogP contribution in [0.2, 0.25) is 5.02 Å². The molecule has 1 aliphatic rings. The standard InChI is InChI=1S/C25H32ClN3O2/c1-17-8-14-20(15-9-17)29(24(31)21-7-5-6-16-27-21)22(23(30)28-25(2,3)4)18-10-12-19(26)13-11-18/h8-15,21-22,27H,5-7,16H2,1-4H3,(H,28,30). The molecule has 2 amide bonds. The van der Waals surface area contributed by atoms with Crippen LogP contribution in [-0.2, 0) is 9.59 Å². The van der Waals surface area contributed by atoms with Gasteiger partial charge in [-0.25, -0.2) is 0 Å². The molecular formula is C25H32ClN3O2. The second kappa shape index (κ2) is 9.84. The first kappa shape index (κ1) is 23.3. The summed E-state index contributed by atoms with van der Waals surface area (Å²) in [5, 5.41) is 6.99. The second-order valence-electron chi connectivity index (χ2n) is 9.24. The molecule has 5 nitrogen and oxygen atoms in total. The highest BCUT2D eigenvalue weighted by molar-refractivity contribution is 6.30. The number of rotatable bonds is 5. The van der Waals surface area contributed by atoms with E-state index < -0.39 is 11.6 Å². The summed E-state index contributed by atoms with van der Waals surface area (Å²) in [6, 6.07) is 13.8. The van der Waals surface area contributed by atoms with Gasteiger partial charge in [0.1, 0.15) is 6.04 Å². The summed E-state index contributed by atoms with van der Waals surface area (Å²) >= 11 is 6.11. The fraction of sp³-hybridized carbons (Fsp3) is 0.440. The van der Waals surface area contributed by atoms with E-state index in [9.17, 15) is 9.59 Å². The van der Waals surface area contributed by atoms with Crippen molar-refractivity contribution in [3.8, 4) is 0 Å². The molecule has 1 heterocycles. The normalized spacial score (nSPS) is 17.6. The first-order valence-electron chi connectivity index (χ1n) is 10.9. The number of aryl methyl sites for hydroxylation is 1. The molecule has 1 aliphatic heterocycles. The monoisotopic (exact) mass is 441 g/mol. The van der Waals surface area contributed by atoms with E-state index in [4.69, 9.17) is 11.6 Å². The Morgan fingerprint density at radius 1 is 1.06 bits per heavy atom. The number of hydrogen-bond acceptors (Lipinski definition) is 3. The van der Waals surface area contributed by atoms with Crippen molar-refractivity contribution < 1.29 is 9.59 Å².